The number of hydrogen-bond donors (Lipinski definition) is 5. The average Bonchev–Trinajstić information content (AvgIpc) is 0.834. The van der Waals surface area contributed by atoms with E-state index in [4.69, 9.17) is 0 Å². The predicted molar refractivity (Wildman–Crippen MR) is 371 cm³/mol. The molecule has 2 aliphatic rings. The van der Waals surface area contributed by atoms with Crippen LogP contribution < -0.4 is 21.3 Å². The van der Waals surface area contributed by atoms with Crippen LogP contribution in [-0.4, -0.2) is 238 Å². The van der Waals surface area contributed by atoms with Crippen molar-refractivity contribution in [3.63, 3.8) is 0 Å². The van der Waals surface area contributed by atoms with Gasteiger partial charge in [-0.25, -0.2) is 4.79 Å². The molecule has 5 rings (SSSR count). The van der Waals surface area contributed by atoms with Crippen LogP contribution in [-0.2, 0) is 67.2 Å². The fourth-order valence-electron chi connectivity index (χ4n) is 12.5. The predicted octanol–water partition coefficient (Wildman–Crippen LogP) is 4.71. The molecular weight excluding hydrogens is 1240 g/mol. The molecule has 0 bridgehead atoms. The molecule has 0 radical (unpaired) electrons. The minimum absolute atomic E-state index is 0.0243. The molecule has 534 valence electrons. The maximum Gasteiger partial charge on any atom is 0.327 e. The highest BCUT2D eigenvalue weighted by Gasteiger charge is 2.45. The number of carbonyl (C=O) groups is 11. The smallest absolute Gasteiger partial charge is 0.327 e. The normalized spacial score (nSPS) is 25.1. The van der Waals surface area contributed by atoms with E-state index in [-0.39, 0.29) is 68.6 Å². The number of urea groups is 1. The van der Waals surface area contributed by atoms with Gasteiger partial charge in [0.1, 0.15) is 48.3 Å². The van der Waals surface area contributed by atoms with E-state index in [2.05, 4.69) is 21.3 Å². The van der Waals surface area contributed by atoms with Crippen LogP contribution in [0.15, 0.2) is 91.0 Å². The highest BCUT2D eigenvalue weighted by molar-refractivity contribution is 6.06. The topological polar surface area (TPSA) is 282 Å². The number of aliphatic hydroxyl groups is 1. The Labute approximate surface area is 574 Å². The SMILES string of the molecule is CC(C)CC1NC(=O)[C@H](C)N(C)C(=O)[C@@H](C(=O)N2CCCCC2)N[C@H](CC(C)C)N(C)C(=O)N(C)C(=O)C([C@@H](C)O)NC(=O)C(Cc2ccccc2)N(C)C(=O)[C@@H](Cc2ccccc2)N(C)C(=O)C(CC(C)C)NC(=O)C(Cc2ccccc2)N(C)C(=O)C(CC(C)C)N(C)C1=O. The zero-order valence-corrected chi connectivity index (χ0v) is 60.3. The number of carbonyl (C=O) groups excluding carboxylic acids is 11. The van der Waals surface area contributed by atoms with Crippen LogP contribution in [0.3, 0.4) is 0 Å². The van der Waals surface area contributed by atoms with E-state index in [1.165, 1.54) is 82.8 Å². The molecule has 12 amide bonds. The van der Waals surface area contributed by atoms with E-state index in [0.717, 1.165) is 16.2 Å². The number of rotatable bonds is 16. The van der Waals surface area contributed by atoms with Crippen molar-refractivity contribution in [1.82, 2.24) is 60.5 Å². The number of nitrogens with one attached hydrogen (secondary N) is 4. The number of aliphatic hydroxyl groups excluding tert-OH is 1. The van der Waals surface area contributed by atoms with Crippen molar-refractivity contribution in [2.75, 3.05) is 62.4 Å². The summed E-state index contributed by atoms with van der Waals surface area (Å²) in [5, 5.41) is 23.1. The number of benzene rings is 3. The zero-order valence-electron chi connectivity index (χ0n) is 60.3. The quantitative estimate of drug-likeness (QED) is 0.122. The molecule has 24 nitrogen and oxygen atoms in total. The van der Waals surface area contributed by atoms with E-state index < -0.39 is 132 Å². The van der Waals surface area contributed by atoms with E-state index >= 15 is 33.6 Å². The van der Waals surface area contributed by atoms with Crippen molar-refractivity contribution >= 4 is 65.1 Å². The Bertz CT molecular complexity index is 3150. The number of nitrogens with zero attached hydrogens (tertiary/aromatic N) is 8. The van der Waals surface area contributed by atoms with Crippen molar-refractivity contribution in [3.05, 3.63) is 108 Å². The van der Waals surface area contributed by atoms with Crippen LogP contribution in [0.1, 0.15) is 131 Å². The Hall–Kier alpha value is -8.25. The van der Waals surface area contributed by atoms with Gasteiger partial charge in [-0.05, 0) is 99.2 Å². The zero-order chi connectivity index (χ0) is 72.3. The van der Waals surface area contributed by atoms with Gasteiger partial charge in [0, 0.05) is 81.7 Å². The molecule has 2 heterocycles. The fourth-order valence-corrected chi connectivity index (χ4v) is 12.5. The summed E-state index contributed by atoms with van der Waals surface area (Å²) in [5.41, 5.74) is 1.93. The molecule has 0 aromatic heterocycles. The van der Waals surface area contributed by atoms with Gasteiger partial charge < -0.3 is 55.4 Å². The molecule has 0 aliphatic carbocycles. The first-order chi connectivity index (χ1) is 45.7. The van der Waals surface area contributed by atoms with E-state index in [1.54, 1.807) is 89.8 Å². The number of piperidine rings is 1. The second kappa shape index (κ2) is 36.9. The lowest BCUT2D eigenvalue weighted by atomic mass is 9.96. The summed E-state index contributed by atoms with van der Waals surface area (Å²) in [6.45, 7) is 18.4. The van der Waals surface area contributed by atoms with Gasteiger partial charge in [-0.3, -0.25) is 58.2 Å². The Balaban J connectivity index is 1.75. The second-order valence-corrected chi connectivity index (χ2v) is 28.2. The second-order valence-electron chi connectivity index (χ2n) is 28.2. The van der Waals surface area contributed by atoms with Crippen LogP contribution >= 0.6 is 0 Å². The summed E-state index contributed by atoms with van der Waals surface area (Å²) in [6.07, 6.45) is -0.349. The third-order valence-corrected chi connectivity index (χ3v) is 18.5. The number of likely N-dealkylation sites (N-methyl/N-ethyl adjacent to an activating group) is 6. The molecule has 11 atom stereocenters. The van der Waals surface area contributed by atoms with Crippen LogP contribution in [0.4, 0.5) is 4.79 Å². The molecule has 0 spiro atoms. The van der Waals surface area contributed by atoms with Crippen molar-refractivity contribution < 1.29 is 57.8 Å². The number of hydrogen-bond acceptors (Lipinski definition) is 13. The molecular formula is C73H110N12O12. The van der Waals surface area contributed by atoms with Crippen LogP contribution in [0, 0.1) is 23.7 Å². The molecule has 5 N–H and O–H groups in total. The van der Waals surface area contributed by atoms with E-state index in [9.17, 15) is 24.3 Å². The van der Waals surface area contributed by atoms with Gasteiger partial charge in [0.15, 0.2) is 6.04 Å². The highest BCUT2D eigenvalue weighted by atomic mass is 16.3. The van der Waals surface area contributed by atoms with Crippen LogP contribution in [0.25, 0.3) is 0 Å². The van der Waals surface area contributed by atoms with E-state index in [1.807, 2.05) is 61.5 Å². The van der Waals surface area contributed by atoms with Crippen LogP contribution in [0.2, 0.25) is 0 Å². The molecule has 3 aromatic rings. The molecule has 0 saturated carbocycles. The maximum absolute atomic E-state index is 15.7. The lowest BCUT2D eigenvalue weighted by Gasteiger charge is -2.39. The molecule has 2 aliphatic heterocycles. The lowest BCUT2D eigenvalue weighted by molar-refractivity contribution is -0.151. The Morgan fingerprint density at radius 3 is 1.24 bits per heavy atom. The Morgan fingerprint density at radius 2 is 0.814 bits per heavy atom. The third kappa shape index (κ3) is 21.9. The summed E-state index contributed by atoms with van der Waals surface area (Å²) in [4.78, 5) is 177. The van der Waals surface area contributed by atoms with Gasteiger partial charge in [-0.2, -0.15) is 0 Å². The van der Waals surface area contributed by atoms with Gasteiger partial charge in [0.2, 0.25) is 53.2 Å². The van der Waals surface area contributed by atoms with Gasteiger partial charge >= 0.3 is 6.03 Å². The van der Waals surface area contributed by atoms with Gasteiger partial charge in [0.25, 0.3) is 5.91 Å². The average molecular weight is 1350 g/mol. The Kier molecular flexibility index (Phi) is 30.2. The van der Waals surface area contributed by atoms with Gasteiger partial charge in [-0.1, -0.05) is 146 Å². The van der Waals surface area contributed by atoms with Crippen LogP contribution in [0.5, 0.6) is 0 Å². The number of imide groups is 1. The van der Waals surface area contributed by atoms with Gasteiger partial charge in [-0.15, -0.1) is 0 Å². The molecule has 3 aromatic carbocycles. The summed E-state index contributed by atoms with van der Waals surface area (Å²) < 4.78 is 0. The van der Waals surface area contributed by atoms with Crippen molar-refractivity contribution in [2.45, 2.75) is 200 Å². The van der Waals surface area contributed by atoms with Gasteiger partial charge in [0.05, 0.1) is 12.3 Å². The monoisotopic (exact) mass is 1350 g/mol. The molecule has 24 heteroatoms. The van der Waals surface area contributed by atoms with Crippen molar-refractivity contribution in [3.8, 4) is 0 Å². The summed E-state index contributed by atoms with van der Waals surface area (Å²) in [6, 6.07) is 13.2. The first-order valence-electron chi connectivity index (χ1n) is 34.3. The number of likely N-dealkylation sites (tertiary alicyclic amines) is 1. The Morgan fingerprint density at radius 1 is 0.433 bits per heavy atom. The highest BCUT2D eigenvalue weighted by Crippen LogP contribution is 2.24. The van der Waals surface area contributed by atoms with Crippen molar-refractivity contribution in [2.24, 2.45) is 23.7 Å². The van der Waals surface area contributed by atoms with E-state index in [0.29, 0.717) is 47.5 Å². The molecule has 2 fully saturated rings. The first-order valence-corrected chi connectivity index (χ1v) is 34.3. The largest absolute Gasteiger partial charge is 0.391 e. The standard InChI is InChI=1S/C73H110N12O12/c1-45(2)38-54-66(90)81(14)58(40-47(5)6)68(92)79(12)56(42-51-30-22-18-23-31-51)64(88)75-55(39-46(3)4)67(91)82(15)59(44-53-34-26-20-27-35-53)69(93)80(13)57(43-52-32-24-19-25-33-52)65(89)77-61(50(10)86)70(94)84(17)73(97)83(16)60(41-48(7)8)76-62(72(96)85-36-28-21-29-37-85)71(95)78(11)49(9)63(87)74-54/h18-20,22-27,30-35,45-50,54-62,76,86H,21,28-29,36-44H2,1-17H3,(H,74,87)(H,75,88)(H,77,89)/t49-,50+,54?,55?,56?,57?,58?,59+,60-,61?,62-/m0/s1. The summed E-state index contributed by atoms with van der Waals surface area (Å²) >= 11 is 0. The maximum atomic E-state index is 15.7. The molecule has 2 saturated heterocycles. The first kappa shape index (κ1) is 79.4. The lowest BCUT2D eigenvalue weighted by Crippen LogP contribution is -2.65. The minimum atomic E-state index is -1.80. The molecule has 97 heavy (non-hydrogen) atoms. The summed E-state index contributed by atoms with van der Waals surface area (Å²) in [7, 11) is 9.71. The molecule has 6 unspecified atom stereocenters. The van der Waals surface area contributed by atoms with Crippen molar-refractivity contribution in [1.29, 1.82) is 0 Å². The number of amides is 12. The fraction of sp³-hybridized carbons (Fsp3) is 0.603. The summed E-state index contributed by atoms with van der Waals surface area (Å²) in [5.74, 6) is -8.20. The third-order valence-electron chi connectivity index (χ3n) is 18.5. The minimum Gasteiger partial charge on any atom is -0.391 e.